The Kier molecular flexibility index (Phi) is 1.72. The molecule has 2 rings (SSSR count). The third-order valence-electron chi connectivity index (χ3n) is 2.95. The van der Waals surface area contributed by atoms with Crippen LogP contribution < -0.4 is 0 Å². The van der Waals surface area contributed by atoms with E-state index >= 15 is 0 Å². The van der Waals surface area contributed by atoms with E-state index in [0.717, 1.165) is 19.4 Å². The van der Waals surface area contributed by atoms with Gasteiger partial charge < -0.3 is 4.90 Å². The minimum atomic E-state index is 0.184. The van der Waals surface area contributed by atoms with Crippen molar-refractivity contribution in [2.45, 2.75) is 31.7 Å². The molecule has 2 heteroatoms. The quantitative estimate of drug-likeness (QED) is 0.486. The summed E-state index contributed by atoms with van der Waals surface area (Å²) >= 11 is 0. The first-order valence-corrected chi connectivity index (χ1v) is 4.39. The summed E-state index contributed by atoms with van der Waals surface area (Å²) < 4.78 is 0. The lowest BCUT2D eigenvalue weighted by Gasteiger charge is -2.39. The molecule has 2 fully saturated rings. The van der Waals surface area contributed by atoms with Crippen LogP contribution >= 0.6 is 0 Å². The van der Waals surface area contributed by atoms with Crippen molar-refractivity contribution in [1.29, 1.82) is 0 Å². The van der Waals surface area contributed by atoms with E-state index in [4.69, 9.17) is 0 Å². The predicted molar refractivity (Wildman–Crippen MR) is 42.8 cm³/mol. The zero-order chi connectivity index (χ0) is 7.84. The number of nitrogens with zero attached hydrogens (tertiary/aromatic N) is 1. The smallest absolute Gasteiger partial charge is 0.147 e. The van der Waals surface area contributed by atoms with E-state index in [1.54, 1.807) is 0 Å². The number of piperidine rings is 1. The summed E-state index contributed by atoms with van der Waals surface area (Å²) in [6, 6.07) is 0.184. The van der Waals surface area contributed by atoms with E-state index in [9.17, 15) is 4.79 Å². The normalized spacial score (nSPS) is 39.2. The molecule has 1 aliphatic heterocycles. The molecule has 0 bridgehead atoms. The fraction of sp³-hybridized carbons (Fsp3) is 0.778. The van der Waals surface area contributed by atoms with E-state index in [1.807, 2.05) is 4.90 Å². The van der Waals surface area contributed by atoms with E-state index in [-0.39, 0.29) is 6.04 Å². The van der Waals surface area contributed by atoms with Gasteiger partial charge in [-0.1, -0.05) is 0 Å². The van der Waals surface area contributed by atoms with Crippen LogP contribution in [0.5, 0.6) is 0 Å². The largest absolute Gasteiger partial charge is 0.450 e. The Bertz CT molecular complexity index is 178. The Morgan fingerprint density at radius 1 is 1.45 bits per heavy atom. The zero-order valence-corrected chi connectivity index (χ0v) is 6.75. The Morgan fingerprint density at radius 3 is 3.00 bits per heavy atom. The predicted octanol–water partition coefficient (Wildman–Crippen LogP) is 1.22. The van der Waals surface area contributed by atoms with Gasteiger partial charge in [-0.15, -0.1) is 0 Å². The van der Waals surface area contributed by atoms with Crippen molar-refractivity contribution in [3.63, 3.8) is 0 Å². The first-order valence-electron chi connectivity index (χ1n) is 4.39. The lowest BCUT2D eigenvalue weighted by atomic mass is 9.92. The number of hydrogen-bond donors (Lipinski definition) is 0. The average Bonchev–Trinajstić information content (AvgIpc) is 2.34. The van der Waals surface area contributed by atoms with E-state index in [1.165, 1.54) is 12.8 Å². The van der Waals surface area contributed by atoms with Gasteiger partial charge in [-0.3, -0.25) is 11.8 Å². The first kappa shape index (κ1) is 7.29. The number of likely N-dealkylation sites (tertiary alicyclic amines) is 1. The van der Waals surface area contributed by atoms with Crippen molar-refractivity contribution in [1.82, 2.24) is 4.90 Å². The van der Waals surface area contributed by atoms with Gasteiger partial charge in [0, 0.05) is 12.5 Å². The van der Waals surface area contributed by atoms with Crippen LogP contribution in [0.4, 0.5) is 0 Å². The van der Waals surface area contributed by atoms with Crippen LogP contribution in [0.25, 0.3) is 0 Å². The average molecular weight is 152 g/mol. The summed E-state index contributed by atoms with van der Waals surface area (Å²) in [4.78, 5) is 13.3. The number of carbonyl (C=O) groups excluding carboxylic acids is 1. The van der Waals surface area contributed by atoms with Crippen LogP contribution in [-0.2, 0) is 4.79 Å². The summed E-state index contributed by atoms with van der Waals surface area (Å²) in [7, 11) is 3.90. The van der Waals surface area contributed by atoms with Crippen molar-refractivity contribution in [3.05, 3.63) is 7.05 Å². The fourth-order valence-corrected chi connectivity index (χ4v) is 2.40. The third-order valence-corrected chi connectivity index (χ3v) is 2.95. The lowest BCUT2D eigenvalue weighted by Crippen LogP contribution is -2.42. The summed E-state index contributed by atoms with van der Waals surface area (Å²) in [6.07, 6.45) is 4.36. The molecule has 2 unspecified atom stereocenters. The summed E-state index contributed by atoms with van der Waals surface area (Å²) in [5.74, 6) is 1.05. The number of fused-ring (bicyclic) bond motifs is 1. The van der Waals surface area contributed by atoms with Crippen LogP contribution in [0.1, 0.15) is 25.7 Å². The van der Waals surface area contributed by atoms with Gasteiger partial charge in [-0.2, -0.15) is 0 Å². The highest BCUT2D eigenvalue weighted by molar-refractivity contribution is 5.86. The molecule has 2 nitrogen and oxygen atoms in total. The molecule has 2 aliphatic rings. The van der Waals surface area contributed by atoms with Crippen molar-refractivity contribution >= 4 is 5.78 Å². The molecule has 0 N–H and O–H groups in total. The number of rotatable bonds is 0. The van der Waals surface area contributed by atoms with Crippen molar-refractivity contribution < 1.29 is 4.79 Å². The Labute approximate surface area is 67.6 Å². The molecule has 0 aromatic rings. The number of carbonyl (C=O) groups is 1. The first-order chi connectivity index (χ1) is 5.29. The maximum absolute atomic E-state index is 11.3. The highest BCUT2D eigenvalue weighted by atomic mass is 16.1. The topological polar surface area (TPSA) is 20.3 Å². The molecule has 1 aliphatic carbocycles. The second-order valence-corrected chi connectivity index (χ2v) is 3.66. The lowest BCUT2D eigenvalue weighted by molar-refractivity contribution is -0.122. The highest BCUT2D eigenvalue weighted by Gasteiger charge is 2.36. The molecule has 0 aromatic carbocycles. The molecule has 0 aromatic heterocycles. The Hall–Kier alpha value is -0.370. The van der Waals surface area contributed by atoms with E-state index in [0.29, 0.717) is 11.7 Å². The van der Waals surface area contributed by atoms with E-state index < -0.39 is 0 Å². The molecule has 62 valence electrons. The van der Waals surface area contributed by atoms with Gasteiger partial charge in [0.05, 0.1) is 0 Å². The van der Waals surface area contributed by atoms with E-state index in [2.05, 4.69) is 7.05 Å². The van der Waals surface area contributed by atoms with Crippen LogP contribution in [0, 0.1) is 13.0 Å². The van der Waals surface area contributed by atoms with Crippen LogP contribution in [0.3, 0.4) is 0 Å². The van der Waals surface area contributed by atoms with Crippen molar-refractivity contribution in [2.75, 3.05) is 6.54 Å². The standard InChI is InChI=1S/C9H14NO/c1-10-6-2-3-7-4-5-8(11)9(7)10/h7,9H,1-6H2/q-1. The summed E-state index contributed by atoms with van der Waals surface area (Å²) in [6.45, 7) is 1.01. The van der Waals surface area contributed by atoms with Gasteiger partial charge in [0.2, 0.25) is 0 Å². The molecule has 1 saturated carbocycles. The maximum Gasteiger partial charge on any atom is 0.147 e. The SMILES string of the molecule is [CH2-]N1CCCC2CCC(=O)C21. The number of hydrogen-bond acceptors (Lipinski definition) is 2. The monoisotopic (exact) mass is 152 g/mol. The highest BCUT2D eigenvalue weighted by Crippen LogP contribution is 2.33. The number of ketones is 1. The molecular formula is C9H14NO-. The molecule has 0 radical (unpaired) electrons. The van der Waals surface area contributed by atoms with Gasteiger partial charge in [-0.05, 0) is 31.7 Å². The fourth-order valence-electron chi connectivity index (χ4n) is 2.40. The van der Waals surface area contributed by atoms with Gasteiger partial charge in [0.1, 0.15) is 5.78 Å². The molecule has 11 heavy (non-hydrogen) atoms. The van der Waals surface area contributed by atoms with Crippen molar-refractivity contribution in [3.8, 4) is 0 Å². The third kappa shape index (κ3) is 1.09. The minimum Gasteiger partial charge on any atom is -0.450 e. The van der Waals surface area contributed by atoms with Gasteiger partial charge >= 0.3 is 0 Å². The second kappa shape index (κ2) is 2.59. The van der Waals surface area contributed by atoms with Gasteiger partial charge in [-0.25, -0.2) is 0 Å². The Morgan fingerprint density at radius 2 is 2.27 bits per heavy atom. The van der Waals surface area contributed by atoms with Crippen LogP contribution in [0.15, 0.2) is 0 Å². The summed E-state index contributed by atoms with van der Waals surface area (Å²) in [5.41, 5.74) is 0. The molecular weight excluding hydrogens is 138 g/mol. The molecule has 2 atom stereocenters. The molecule has 1 heterocycles. The van der Waals surface area contributed by atoms with Gasteiger partial charge in [0.15, 0.2) is 0 Å². The molecule has 1 saturated heterocycles. The second-order valence-electron chi connectivity index (χ2n) is 3.66. The molecule has 0 spiro atoms. The zero-order valence-electron chi connectivity index (χ0n) is 6.75. The van der Waals surface area contributed by atoms with Crippen LogP contribution in [-0.4, -0.2) is 23.3 Å². The van der Waals surface area contributed by atoms with Crippen LogP contribution in [0.2, 0.25) is 0 Å². The van der Waals surface area contributed by atoms with Gasteiger partial charge in [0.25, 0.3) is 0 Å². The molecule has 0 amide bonds. The Balaban J connectivity index is 2.14. The minimum absolute atomic E-state index is 0.184. The van der Waals surface area contributed by atoms with Crippen molar-refractivity contribution in [2.24, 2.45) is 5.92 Å². The maximum atomic E-state index is 11.3. The summed E-state index contributed by atoms with van der Waals surface area (Å²) in [5, 5.41) is 0. The number of Topliss-reactive ketones (excluding diaryl/α,β-unsaturated/α-hetero) is 1.